The maximum Gasteiger partial charge on any atom is 0.248 e. The number of amides is 1. The number of rotatable bonds is 4. The van der Waals surface area contributed by atoms with Gasteiger partial charge in [-0.1, -0.05) is 18.6 Å². The second kappa shape index (κ2) is 6.96. The largest absolute Gasteiger partial charge is 0.366 e. The van der Waals surface area contributed by atoms with Crippen LogP contribution in [0.25, 0.3) is 0 Å². The molecule has 0 bridgehead atoms. The molecule has 1 aromatic carbocycles. The lowest BCUT2D eigenvalue weighted by molar-refractivity contribution is 0.100. The molecule has 3 nitrogen and oxygen atoms in total. The lowest BCUT2D eigenvalue weighted by Crippen LogP contribution is -2.29. The number of thioether (sulfide) groups is 1. The fourth-order valence-corrected chi connectivity index (χ4v) is 3.31. The van der Waals surface area contributed by atoms with Crippen LogP contribution in [-0.4, -0.2) is 35.4 Å². The Kier molecular flexibility index (Phi) is 5.28. The van der Waals surface area contributed by atoms with Crippen molar-refractivity contribution in [2.24, 2.45) is 5.73 Å². The van der Waals surface area contributed by atoms with Gasteiger partial charge in [-0.15, -0.1) is 0 Å². The van der Waals surface area contributed by atoms with E-state index in [0.29, 0.717) is 5.56 Å². The van der Waals surface area contributed by atoms with E-state index in [2.05, 4.69) is 11.2 Å². The number of hydrogen-bond donors (Lipinski definition) is 1. The number of benzene rings is 1. The summed E-state index contributed by atoms with van der Waals surface area (Å²) in [6, 6.07) is 7.67. The summed E-state index contributed by atoms with van der Waals surface area (Å²) < 4.78 is 0. The molecule has 4 heteroatoms. The second-order valence-electron chi connectivity index (χ2n) is 5.15. The normalized spacial score (nSPS) is 21.0. The van der Waals surface area contributed by atoms with Crippen LogP contribution >= 0.6 is 11.8 Å². The van der Waals surface area contributed by atoms with E-state index in [0.717, 1.165) is 11.8 Å². The van der Waals surface area contributed by atoms with Gasteiger partial charge in [0, 0.05) is 23.9 Å². The predicted molar refractivity (Wildman–Crippen MR) is 81.4 cm³/mol. The molecule has 1 atom stereocenters. The Morgan fingerprint density at radius 2 is 2.11 bits per heavy atom. The summed E-state index contributed by atoms with van der Waals surface area (Å²) in [7, 11) is 0. The molecule has 1 fully saturated rings. The van der Waals surface area contributed by atoms with Gasteiger partial charge in [-0.25, -0.2) is 0 Å². The van der Waals surface area contributed by atoms with Gasteiger partial charge < -0.3 is 5.73 Å². The minimum Gasteiger partial charge on any atom is -0.366 e. The van der Waals surface area contributed by atoms with Gasteiger partial charge >= 0.3 is 0 Å². The monoisotopic (exact) mass is 278 g/mol. The minimum atomic E-state index is -0.358. The molecule has 1 heterocycles. The average molecular weight is 278 g/mol. The molecule has 1 amide bonds. The first-order valence-electron chi connectivity index (χ1n) is 6.83. The summed E-state index contributed by atoms with van der Waals surface area (Å²) in [5.41, 5.74) is 7.09. The number of likely N-dealkylation sites (tertiary alicyclic amines) is 1. The van der Waals surface area contributed by atoms with Gasteiger partial charge in [-0.3, -0.25) is 9.69 Å². The van der Waals surface area contributed by atoms with E-state index in [1.807, 2.05) is 36.0 Å². The highest BCUT2D eigenvalue weighted by Gasteiger charge is 2.17. The number of carbonyl (C=O) groups is 1. The van der Waals surface area contributed by atoms with Crippen LogP contribution < -0.4 is 5.73 Å². The van der Waals surface area contributed by atoms with Crippen LogP contribution in [0.5, 0.6) is 0 Å². The molecule has 0 radical (unpaired) electrons. The predicted octanol–water partition coefficient (Wildman–Crippen LogP) is 2.50. The first-order chi connectivity index (χ1) is 9.19. The summed E-state index contributed by atoms with van der Waals surface area (Å²) in [6.45, 7) is 3.31. The molecule has 2 N–H and O–H groups in total. The number of nitrogens with zero attached hydrogens (tertiary/aromatic N) is 1. The van der Waals surface area contributed by atoms with Crippen LogP contribution in [0.3, 0.4) is 0 Å². The summed E-state index contributed by atoms with van der Waals surface area (Å²) in [4.78, 5) is 13.6. The van der Waals surface area contributed by atoms with Crippen molar-refractivity contribution in [3.63, 3.8) is 0 Å². The van der Waals surface area contributed by atoms with Gasteiger partial charge in [0.25, 0.3) is 0 Å². The van der Waals surface area contributed by atoms with Crippen LogP contribution in [0, 0.1) is 0 Å². The van der Waals surface area contributed by atoms with Gasteiger partial charge in [-0.2, -0.15) is 11.8 Å². The Labute approximate surface area is 119 Å². The maximum absolute atomic E-state index is 11.0. The van der Waals surface area contributed by atoms with Gasteiger partial charge in [0.2, 0.25) is 5.91 Å². The zero-order valence-corrected chi connectivity index (χ0v) is 12.3. The molecule has 2 rings (SSSR count). The zero-order chi connectivity index (χ0) is 13.7. The Bertz CT molecular complexity index is 419. The van der Waals surface area contributed by atoms with Crippen LogP contribution in [0.4, 0.5) is 0 Å². The second-order valence-corrected chi connectivity index (χ2v) is 6.29. The summed E-state index contributed by atoms with van der Waals surface area (Å²) in [5.74, 6) is -0.358. The molecule has 0 unspecified atom stereocenters. The topological polar surface area (TPSA) is 46.3 Å². The van der Waals surface area contributed by atoms with E-state index in [4.69, 9.17) is 5.73 Å². The number of nitrogens with two attached hydrogens (primary N) is 1. The van der Waals surface area contributed by atoms with Gasteiger partial charge in [0.05, 0.1) is 0 Å². The Hall–Kier alpha value is -1.00. The average Bonchev–Trinajstić information content (AvgIpc) is 2.64. The number of hydrogen-bond acceptors (Lipinski definition) is 3. The summed E-state index contributed by atoms with van der Waals surface area (Å²) >= 11 is 1.98. The van der Waals surface area contributed by atoms with E-state index in [9.17, 15) is 4.79 Å². The zero-order valence-electron chi connectivity index (χ0n) is 11.5. The van der Waals surface area contributed by atoms with E-state index in [-0.39, 0.29) is 5.91 Å². The fraction of sp³-hybridized carbons (Fsp3) is 0.533. The summed E-state index contributed by atoms with van der Waals surface area (Å²) in [5, 5.41) is 0.757. The van der Waals surface area contributed by atoms with Crippen LogP contribution in [0.1, 0.15) is 35.2 Å². The highest BCUT2D eigenvalue weighted by Crippen LogP contribution is 2.21. The Balaban J connectivity index is 1.97. The molecule has 1 aliphatic rings. The fourth-order valence-electron chi connectivity index (χ4n) is 2.55. The van der Waals surface area contributed by atoms with Crippen molar-refractivity contribution in [1.29, 1.82) is 0 Å². The SMILES string of the molecule is CS[C@H]1CCCCN(Cc2ccc(C(N)=O)cc2)C1. The van der Waals surface area contributed by atoms with Crippen LogP contribution in [-0.2, 0) is 6.54 Å². The molecular formula is C15H22N2OS. The molecule has 1 aliphatic heterocycles. The van der Waals surface area contributed by atoms with Crippen molar-refractivity contribution in [2.75, 3.05) is 19.3 Å². The Morgan fingerprint density at radius 3 is 2.74 bits per heavy atom. The minimum absolute atomic E-state index is 0.358. The molecule has 1 saturated heterocycles. The van der Waals surface area contributed by atoms with Crippen molar-refractivity contribution in [3.05, 3.63) is 35.4 Å². The highest BCUT2D eigenvalue weighted by atomic mass is 32.2. The number of primary amides is 1. The highest BCUT2D eigenvalue weighted by molar-refractivity contribution is 7.99. The van der Waals surface area contributed by atoms with E-state index in [1.54, 1.807) is 0 Å². The van der Waals surface area contributed by atoms with Gasteiger partial charge in [0.15, 0.2) is 0 Å². The standard InChI is InChI=1S/C15H22N2OS/c1-19-14-4-2-3-9-17(11-14)10-12-5-7-13(8-6-12)15(16)18/h5-8,14H,2-4,9-11H2,1H3,(H2,16,18)/t14-/m0/s1. The molecule has 0 aliphatic carbocycles. The molecule has 104 valence electrons. The maximum atomic E-state index is 11.0. The Morgan fingerprint density at radius 1 is 1.37 bits per heavy atom. The summed E-state index contributed by atoms with van der Waals surface area (Å²) in [6.07, 6.45) is 6.16. The lowest BCUT2D eigenvalue weighted by atomic mass is 10.1. The van der Waals surface area contributed by atoms with E-state index in [1.165, 1.54) is 37.9 Å². The molecule has 0 saturated carbocycles. The quantitative estimate of drug-likeness (QED) is 0.920. The van der Waals surface area contributed by atoms with Crippen molar-refractivity contribution < 1.29 is 4.79 Å². The first kappa shape index (κ1) is 14.4. The van der Waals surface area contributed by atoms with Gasteiger partial charge in [0.1, 0.15) is 0 Å². The smallest absolute Gasteiger partial charge is 0.248 e. The van der Waals surface area contributed by atoms with Gasteiger partial charge in [-0.05, 0) is 43.3 Å². The third kappa shape index (κ3) is 4.25. The molecular weight excluding hydrogens is 256 g/mol. The first-order valence-corrected chi connectivity index (χ1v) is 8.11. The van der Waals surface area contributed by atoms with E-state index >= 15 is 0 Å². The molecule has 1 aromatic rings. The van der Waals surface area contributed by atoms with E-state index < -0.39 is 0 Å². The van der Waals surface area contributed by atoms with Crippen molar-refractivity contribution >= 4 is 17.7 Å². The van der Waals surface area contributed by atoms with Crippen molar-refractivity contribution in [3.8, 4) is 0 Å². The van der Waals surface area contributed by atoms with Crippen LogP contribution in [0.2, 0.25) is 0 Å². The third-order valence-electron chi connectivity index (χ3n) is 3.69. The number of carbonyl (C=O) groups excluding carboxylic acids is 1. The molecule has 19 heavy (non-hydrogen) atoms. The van der Waals surface area contributed by atoms with Crippen molar-refractivity contribution in [2.45, 2.75) is 31.1 Å². The lowest BCUT2D eigenvalue weighted by Gasteiger charge is -2.23. The van der Waals surface area contributed by atoms with Crippen molar-refractivity contribution in [1.82, 2.24) is 4.90 Å². The van der Waals surface area contributed by atoms with Crippen LogP contribution in [0.15, 0.2) is 24.3 Å². The third-order valence-corrected chi connectivity index (χ3v) is 4.74. The molecule has 0 spiro atoms. The molecule has 0 aromatic heterocycles.